The second kappa shape index (κ2) is 6.86. The van der Waals surface area contributed by atoms with Gasteiger partial charge in [-0.3, -0.25) is 9.78 Å². The Morgan fingerprint density at radius 1 is 1.21 bits per heavy atom. The van der Waals surface area contributed by atoms with Crippen molar-refractivity contribution in [3.05, 3.63) is 35.5 Å². The van der Waals surface area contributed by atoms with E-state index >= 15 is 0 Å². The molecule has 8 heteroatoms. The average molecular weight is 407 g/mol. The highest BCUT2D eigenvalue weighted by atomic mass is 19.4. The smallest absolute Gasteiger partial charge is 0.389 e. The number of benzene rings is 1. The first-order valence-electron chi connectivity index (χ1n) is 9.78. The minimum absolute atomic E-state index is 0.00550. The van der Waals surface area contributed by atoms with Crippen LogP contribution in [0, 0.1) is 12.8 Å². The van der Waals surface area contributed by atoms with E-state index in [1.54, 1.807) is 11.8 Å². The average Bonchev–Trinajstić information content (AvgIpc) is 2.65. The third-order valence-corrected chi connectivity index (χ3v) is 6.30. The number of aliphatic hydroxyl groups is 1. The van der Waals surface area contributed by atoms with Crippen LogP contribution in [0.15, 0.2) is 24.3 Å². The Morgan fingerprint density at radius 3 is 2.62 bits per heavy atom. The number of alkyl halides is 3. The number of pyridine rings is 1. The Bertz CT molecular complexity index is 962. The molecule has 1 aromatic carbocycles. The van der Waals surface area contributed by atoms with Gasteiger partial charge in [-0.25, -0.2) is 0 Å². The number of halogens is 3. The maximum atomic E-state index is 13.1. The van der Waals surface area contributed by atoms with Gasteiger partial charge in [0.2, 0.25) is 5.91 Å². The highest BCUT2D eigenvalue weighted by Crippen LogP contribution is 2.40. The number of anilines is 1. The van der Waals surface area contributed by atoms with Gasteiger partial charge in [-0.2, -0.15) is 13.2 Å². The minimum Gasteiger partial charge on any atom is -0.389 e. The molecule has 4 rings (SSSR count). The molecule has 1 amide bonds. The van der Waals surface area contributed by atoms with Crippen LogP contribution in [0.3, 0.4) is 0 Å². The standard InChI is InChI=1S/C21H24F3N3O2/c1-13-9-19(17-4-3-15(21(22,23)24)10-18(17)25-13)27-8-6-20(29)5-7-26(14(2)28)11-16(20)12-27/h3-4,9-10,16,29H,5-8,11-12H2,1-2H3/t16-,20-/m0/s1. The third kappa shape index (κ3) is 3.66. The molecule has 0 saturated carbocycles. The van der Waals surface area contributed by atoms with Gasteiger partial charge in [-0.15, -0.1) is 0 Å². The monoisotopic (exact) mass is 407 g/mol. The van der Waals surface area contributed by atoms with Gasteiger partial charge in [0.05, 0.1) is 16.7 Å². The van der Waals surface area contributed by atoms with E-state index in [0.717, 1.165) is 17.8 Å². The molecule has 29 heavy (non-hydrogen) atoms. The lowest BCUT2D eigenvalue weighted by molar-refractivity contribution is -0.139. The first kappa shape index (κ1) is 19.9. The number of carbonyl (C=O) groups is 1. The van der Waals surface area contributed by atoms with Crippen LogP contribution >= 0.6 is 0 Å². The summed E-state index contributed by atoms with van der Waals surface area (Å²) in [4.78, 5) is 20.0. The zero-order valence-electron chi connectivity index (χ0n) is 16.5. The summed E-state index contributed by atoms with van der Waals surface area (Å²) in [5.74, 6) is -0.110. The first-order chi connectivity index (χ1) is 13.6. The number of hydrogen-bond acceptors (Lipinski definition) is 4. The largest absolute Gasteiger partial charge is 0.416 e. The minimum atomic E-state index is -4.42. The predicted octanol–water partition coefficient (Wildman–Crippen LogP) is 3.37. The molecular formula is C21H24F3N3O2. The third-order valence-electron chi connectivity index (χ3n) is 6.30. The second-order valence-corrected chi connectivity index (χ2v) is 8.22. The number of rotatable bonds is 1. The molecule has 1 aromatic heterocycles. The van der Waals surface area contributed by atoms with Gasteiger partial charge >= 0.3 is 6.18 Å². The Balaban J connectivity index is 1.68. The zero-order valence-corrected chi connectivity index (χ0v) is 16.5. The summed E-state index contributed by atoms with van der Waals surface area (Å²) in [5.41, 5.74) is 0.255. The van der Waals surface area contributed by atoms with Crippen molar-refractivity contribution >= 4 is 22.5 Å². The quantitative estimate of drug-likeness (QED) is 0.788. The topological polar surface area (TPSA) is 56.7 Å². The van der Waals surface area contributed by atoms with Crippen LogP contribution < -0.4 is 4.90 Å². The van der Waals surface area contributed by atoms with E-state index in [-0.39, 0.29) is 11.8 Å². The van der Waals surface area contributed by atoms with E-state index in [1.807, 2.05) is 6.07 Å². The molecule has 2 atom stereocenters. The number of nitrogens with zero attached hydrogens (tertiary/aromatic N) is 3. The van der Waals surface area contributed by atoms with Crippen LogP contribution in [0.4, 0.5) is 18.9 Å². The maximum absolute atomic E-state index is 13.1. The van der Waals surface area contributed by atoms with E-state index in [9.17, 15) is 23.1 Å². The zero-order chi connectivity index (χ0) is 21.0. The van der Waals surface area contributed by atoms with Crippen LogP contribution in [0.1, 0.15) is 31.0 Å². The fourth-order valence-electron chi connectivity index (χ4n) is 4.58. The summed E-state index contributed by atoms with van der Waals surface area (Å²) in [6, 6.07) is 5.53. The molecule has 0 bridgehead atoms. The van der Waals surface area contributed by atoms with Crippen molar-refractivity contribution in [2.24, 2.45) is 5.92 Å². The molecule has 2 aromatic rings. The number of carbonyl (C=O) groups excluding carboxylic acids is 1. The van der Waals surface area contributed by atoms with E-state index in [4.69, 9.17) is 0 Å². The molecule has 2 fully saturated rings. The second-order valence-electron chi connectivity index (χ2n) is 8.22. The molecule has 1 N–H and O–H groups in total. The summed E-state index contributed by atoms with van der Waals surface area (Å²) in [6.07, 6.45) is -3.30. The van der Waals surface area contributed by atoms with E-state index in [2.05, 4.69) is 9.88 Å². The van der Waals surface area contributed by atoms with Gasteiger partial charge in [0.25, 0.3) is 0 Å². The number of amides is 1. The molecule has 0 spiro atoms. The molecule has 2 aliphatic heterocycles. The summed E-state index contributed by atoms with van der Waals surface area (Å²) in [6.45, 7) is 5.49. The van der Waals surface area contributed by atoms with Crippen LogP contribution in [0.25, 0.3) is 10.9 Å². The number of hydrogen-bond donors (Lipinski definition) is 1. The van der Waals surface area contributed by atoms with Crippen LogP contribution in [-0.4, -0.2) is 52.7 Å². The molecule has 156 valence electrons. The van der Waals surface area contributed by atoms with Crippen LogP contribution in [0.2, 0.25) is 0 Å². The SMILES string of the molecule is CC(=O)N1CC[C@]2(O)CCN(c3cc(C)nc4cc(C(F)(F)F)ccc34)C[C@@H]2C1. The van der Waals surface area contributed by atoms with Crippen molar-refractivity contribution in [1.82, 2.24) is 9.88 Å². The van der Waals surface area contributed by atoms with Crippen molar-refractivity contribution in [3.8, 4) is 0 Å². The van der Waals surface area contributed by atoms with E-state index in [0.29, 0.717) is 55.6 Å². The summed E-state index contributed by atoms with van der Waals surface area (Å²) < 4.78 is 39.3. The molecule has 0 radical (unpaired) electrons. The van der Waals surface area contributed by atoms with Gasteiger partial charge in [-0.1, -0.05) is 6.07 Å². The number of fused-ring (bicyclic) bond motifs is 2. The molecule has 0 aliphatic carbocycles. The van der Waals surface area contributed by atoms with Gasteiger partial charge in [0.15, 0.2) is 0 Å². The lowest BCUT2D eigenvalue weighted by atomic mass is 9.75. The molecule has 5 nitrogen and oxygen atoms in total. The molecular weight excluding hydrogens is 383 g/mol. The summed E-state index contributed by atoms with van der Waals surface area (Å²) in [7, 11) is 0. The normalized spacial score (nSPS) is 25.2. The van der Waals surface area contributed by atoms with Gasteiger partial charge < -0.3 is 14.9 Å². The first-order valence-corrected chi connectivity index (χ1v) is 9.78. The van der Waals surface area contributed by atoms with Gasteiger partial charge in [0, 0.05) is 55.8 Å². The van der Waals surface area contributed by atoms with Crippen molar-refractivity contribution < 1.29 is 23.1 Å². The van der Waals surface area contributed by atoms with Crippen molar-refractivity contribution in [2.45, 2.75) is 38.5 Å². The van der Waals surface area contributed by atoms with Gasteiger partial charge in [0.1, 0.15) is 0 Å². The van der Waals surface area contributed by atoms with Crippen molar-refractivity contribution in [1.29, 1.82) is 0 Å². The van der Waals surface area contributed by atoms with Crippen LogP contribution in [-0.2, 0) is 11.0 Å². The lowest BCUT2D eigenvalue weighted by Crippen LogP contribution is -2.60. The molecule has 2 saturated heterocycles. The molecule has 3 heterocycles. The van der Waals surface area contributed by atoms with Crippen LogP contribution in [0.5, 0.6) is 0 Å². The fraction of sp³-hybridized carbons (Fsp3) is 0.524. The van der Waals surface area contributed by atoms with Crippen molar-refractivity contribution in [2.75, 3.05) is 31.1 Å². The fourth-order valence-corrected chi connectivity index (χ4v) is 4.58. The predicted molar refractivity (Wildman–Crippen MR) is 104 cm³/mol. The Hall–Kier alpha value is -2.35. The van der Waals surface area contributed by atoms with E-state index < -0.39 is 17.3 Å². The number of likely N-dealkylation sites (tertiary alicyclic amines) is 1. The number of piperidine rings is 2. The molecule has 2 aliphatic rings. The maximum Gasteiger partial charge on any atom is 0.416 e. The number of aryl methyl sites for hydroxylation is 1. The highest BCUT2D eigenvalue weighted by Gasteiger charge is 2.45. The molecule has 0 unspecified atom stereocenters. The summed E-state index contributed by atoms with van der Waals surface area (Å²) in [5, 5.41) is 11.7. The summed E-state index contributed by atoms with van der Waals surface area (Å²) >= 11 is 0. The van der Waals surface area contributed by atoms with Gasteiger partial charge in [-0.05, 0) is 38.0 Å². The number of aromatic nitrogens is 1. The Morgan fingerprint density at radius 2 is 1.93 bits per heavy atom. The van der Waals surface area contributed by atoms with Crippen molar-refractivity contribution in [3.63, 3.8) is 0 Å². The lowest BCUT2D eigenvalue weighted by Gasteiger charge is -2.50. The Kier molecular flexibility index (Phi) is 4.72. The Labute approximate surface area is 167 Å². The van der Waals surface area contributed by atoms with E-state index in [1.165, 1.54) is 13.0 Å². The highest BCUT2D eigenvalue weighted by molar-refractivity contribution is 5.92.